The van der Waals surface area contributed by atoms with Crippen LogP contribution >= 0.6 is 0 Å². The van der Waals surface area contributed by atoms with E-state index in [0.717, 1.165) is 30.2 Å². The van der Waals surface area contributed by atoms with Crippen molar-refractivity contribution in [2.75, 3.05) is 18.4 Å². The van der Waals surface area contributed by atoms with E-state index in [4.69, 9.17) is 0 Å². The second kappa shape index (κ2) is 8.10. The molecule has 1 aromatic carbocycles. The van der Waals surface area contributed by atoms with Gasteiger partial charge in [0.2, 0.25) is 11.8 Å². The van der Waals surface area contributed by atoms with Gasteiger partial charge in [0.15, 0.2) is 17.5 Å². The van der Waals surface area contributed by atoms with Crippen LogP contribution in [0.2, 0.25) is 0 Å². The number of urea groups is 1. The first-order valence-corrected chi connectivity index (χ1v) is 9.08. The highest BCUT2D eigenvalue weighted by Gasteiger charge is 2.51. The monoisotopic (exact) mass is 412 g/mol. The number of rotatable bonds is 5. The predicted octanol–water partition coefficient (Wildman–Crippen LogP) is 1.41. The predicted molar refractivity (Wildman–Crippen MR) is 94.0 cm³/mol. The van der Waals surface area contributed by atoms with Crippen molar-refractivity contribution in [3.63, 3.8) is 0 Å². The fourth-order valence-electron chi connectivity index (χ4n) is 3.51. The van der Waals surface area contributed by atoms with Crippen LogP contribution in [0.5, 0.6) is 0 Å². The summed E-state index contributed by atoms with van der Waals surface area (Å²) in [6.07, 6.45) is 3.59. The summed E-state index contributed by atoms with van der Waals surface area (Å²) in [5.41, 5.74) is -1.55. The van der Waals surface area contributed by atoms with Gasteiger partial charge in [-0.3, -0.25) is 19.3 Å². The molecule has 0 radical (unpaired) electrons. The van der Waals surface area contributed by atoms with Crippen LogP contribution in [0.15, 0.2) is 12.1 Å². The van der Waals surface area contributed by atoms with Gasteiger partial charge >= 0.3 is 6.03 Å². The molecule has 1 saturated carbocycles. The zero-order chi connectivity index (χ0) is 21.2. The Kier molecular flexibility index (Phi) is 5.76. The highest BCUT2D eigenvalue weighted by atomic mass is 19.2. The van der Waals surface area contributed by atoms with Crippen LogP contribution in [0.25, 0.3) is 0 Å². The van der Waals surface area contributed by atoms with E-state index >= 15 is 0 Å². The Hall–Kier alpha value is -3.11. The van der Waals surface area contributed by atoms with E-state index in [1.165, 1.54) is 0 Å². The van der Waals surface area contributed by atoms with Gasteiger partial charge in [0.1, 0.15) is 12.1 Å². The average molecular weight is 412 g/mol. The lowest BCUT2D eigenvalue weighted by Gasteiger charge is -2.30. The second-order valence-corrected chi connectivity index (χ2v) is 7.01. The normalized spacial score (nSPS) is 18.0. The summed E-state index contributed by atoms with van der Waals surface area (Å²) in [7, 11) is 0. The number of benzene rings is 1. The molecule has 0 bridgehead atoms. The number of anilines is 1. The maximum absolute atomic E-state index is 13.5. The van der Waals surface area contributed by atoms with Crippen LogP contribution in [-0.4, -0.2) is 47.3 Å². The van der Waals surface area contributed by atoms with Crippen molar-refractivity contribution in [1.82, 2.24) is 15.5 Å². The molecular weight excluding hydrogens is 393 g/mol. The van der Waals surface area contributed by atoms with Crippen LogP contribution in [-0.2, 0) is 14.4 Å². The Morgan fingerprint density at radius 3 is 2.41 bits per heavy atom. The lowest BCUT2D eigenvalue weighted by Crippen LogP contribution is -2.49. The molecule has 1 saturated heterocycles. The molecule has 156 valence electrons. The first-order chi connectivity index (χ1) is 13.7. The third-order valence-corrected chi connectivity index (χ3v) is 5.01. The summed E-state index contributed by atoms with van der Waals surface area (Å²) in [6.45, 7) is -1.19. The molecular formula is C18H19F3N4O4. The zero-order valence-electron chi connectivity index (χ0n) is 15.3. The van der Waals surface area contributed by atoms with Gasteiger partial charge in [-0.05, 0) is 25.0 Å². The molecule has 3 N–H and O–H groups in total. The number of carbonyl (C=O) groups is 4. The van der Waals surface area contributed by atoms with Gasteiger partial charge in [-0.1, -0.05) is 19.3 Å². The van der Waals surface area contributed by atoms with Crippen LogP contribution in [0.3, 0.4) is 0 Å². The fourth-order valence-corrected chi connectivity index (χ4v) is 3.51. The summed E-state index contributed by atoms with van der Waals surface area (Å²) < 4.78 is 39.6. The van der Waals surface area contributed by atoms with Crippen LogP contribution in [0.1, 0.15) is 32.1 Å². The van der Waals surface area contributed by atoms with Crippen molar-refractivity contribution in [3.05, 3.63) is 29.6 Å². The molecule has 29 heavy (non-hydrogen) atoms. The SMILES string of the molecule is O=C(CN1C(=O)NC2(CCCCC2)C1=O)NCC(=O)Nc1ccc(F)c(F)c1F. The number of amides is 5. The van der Waals surface area contributed by atoms with Gasteiger partial charge in [-0.2, -0.15) is 0 Å². The molecule has 0 atom stereocenters. The van der Waals surface area contributed by atoms with Crippen molar-refractivity contribution in [2.45, 2.75) is 37.6 Å². The van der Waals surface area contributed by atoms with Crippen LogP contribution < -0.4 is 16.0 Å². The molecule has 1 spiro atoms. The Balaban J connectivity index is 1.52. The Morgan fingerprint density at radius 1 is 1.03 bits per heavy atom. The number of nitrogens with one attached hydrogen (secondary N) is 3. The largest absolute Gasteiger partial charge is 0.345 e. The molecule has 1 aliphatic carbocycles. The summed E-state index contributed by atoms with van der Waals surface area (Å²) in [4.78, 5) is 49.3. The lowest BCUT2D eigenvalue weighted by atomic mass is 9.82. The van der Waals surface area contributed by atoms with Crippen molar-refractivity contribution in [2.24, 2.45) is 0 Å². The molecule has 8 nitrogen and oxygen atoms in total. The summed E-state index contributed by atoms with van der Waals surface area (Å²) in [5.74, 6) is -6.85. The van der Waals surface area contributed by atoms with Gasteiger partial charge < -0.3 is 16.0 Å². The molecule has 1 heterocycles. The van der Waals surface area contributed by atoms with Crippen molar-refractivity contribution >= 4 is 29.4 Å². The number of nitrogens with zero attached hydrogens (tertiary/aromatic N) is 1. The third-order valence-electron chi connectivity index (χ3n) is 5.01. The van der Waals surface area contributed by atoms with E-state index in [9.17, 15) is 32.3 Å². The summed E-state index contributed by atoms with van der Waals surface area (Å²) in [5, 5.41) is 6.85. The van der Waals surface area contributed by atoms with E-state index in [2.05, 4.69) is 10.6 Å². The molecule has 11 heteroatoms. The topological polar surface area (TPSA) is 108 Å². The zero-order valence-corrected chi connectivity index (χ0v) is 15.3. The molecule has 2 fully saturated rings. The fraction of sp³-hybridized carbons (Fsp3) is 0.444. The van der Waals surface area contributed by atoms with Crippen LogP contribution in [0.4, 0.5) is 23.7 Å². The van der Waals surface area contributed by atoms with Crippen LogP contribution in [0, 0.1) is 17.5 Å². The Morgan fingerprint density at radius 2 is 1.72 bits per heavy atom. The highest BCUT2D eigenvalue weighted by molar-refractivity contribution is 6.09. The quantitative estimate of drug-likeness (QED) is 0.502. The van der Waals surface area contributed by atoms with E-state index in [0.29, 0.717) is 18.9 Å². The molecule has 2 aliphatic rings. The van der Waals surface area contributed by atoms with Gasteiger partial charge in [0.25, 0.3) is 5.91 Å². The smallest absolute Gasteiger partial charge is 0.325 e. The molecule has 1 aromatic rings. The number of imide groups is 1. The highest BCUT2D eigenvalue weighted by Crippen LogP contribution is 2.33. The first kappa shape index (κ1) is 20.6. The maximum Gasteiger partial charge on any atom is 0.325 e. The molecule has 5 amide bonds. The lowest BCUT2D eigenvalue weighted by molar-refractivity contribution is -0.136. The molecule has 0 unspecified atom stereocenters. The molecule has 1 aliphatic heterocycles. The minimum atomic E-state index is -1.73. The molecule has 0 aromatic heterocycles. The third kappa shape index (κ3) is 4.17. The van der Waals surface area contributed by atoms with Crippen molar-refractivity contribution in [1.29, 1.82) is 0 Å². The minimum absolute atomic E-state index is 0.467. The number of hydrogen-bond donors (Lipinski definition) is 3. The van der Waals surface area contributed by atoms with E-state index in [1.54, 1.807) is 0 Å². The maximum atomic E-state index is 13.5. The van der Waals surface area contributed by atoms with Crippen molar-refractivity contribution < 1.29 is 32.3 Å². The minimum Gasteiger partial charge on any atom is -0.345 e. The van der Waals surface area contributed by atoms with Gasteiger partial charge in [0.05, 0.1) is 12.2 Å². The van der Waals surface area contributed by atoms with Gasteiger partial charge in [0, 0.05) is 0 Å². The summed E-state index contributed by atoms with van der Waals surface area (Å²) >= 11 is 0. The Labute approximate surface area is 163 Å². The first-order valence-electron chi connectivity index (χ1n) is 9.08. The van der Waals surface area contributed by atoms with E-state index in [-0.39, 0.29) is 0 Å². The number of hydrogen-bond acceptors (Lipinski definition) is 4. The average Bonchev–Trinajstić information content (AvgIpc) is 2.91. The van der Waals surface area contributed by atoms with Gasteiger partial charge in [-0.25, -0.2) is 18.0 Å². The second-order valence-electron chi connectivity index (χ2n) is 7.01. The van der Waals surface area contributed by atoms with Crippen molar-refractivity contribution in [3.8, 4) is 0 Å². The number of carbonyl (C=O) groups excluding carboxylic acids is 4. The van der Waals surface area contributed by atoms with E-state index in [1.807, 2.05) is 5.32 Å². The molecule has 3 rings (SSSR count). The summed E-state index contributed by atoms with van der Waals surface area (Å²) in [6, 6.07) is 0.815. The number of halogens is 3. The standard InChI is InChI=1S/C18H19F3N4O4/c19-10-4-5-11(15(21)14(10)20)23-12(26)8-22-13(27)9-25-16(28)18(24-17(25)29)6-2-1-3-7-18/h4-5H,1-3,6-9H2,(H,22,27)(H,23,26)(H,24,29). The van der Waals surface area contributed by atoms with Gasteiger partial charge in [-0.15, -0.1) is 0 Å². The Bertz CT molecular complexity index is 871. The van der Waals surface area contributed by atoms with E-state index < -0.39 is 65.5 Å².